The van der Waals surface area contributed by atoms with Gasteiger partial charge in [-0.15, -0.1) is 0 Å². The summed E-state index contributed by atoms with van der Waals surface area (Å²) >= 11 is 5.90. The van der Waals surface area contributed by atoms with Gasteiger partial charge in [0.15, 0.2) is 0 Å². The van der Waals surface area contributed by atoms with Gasteiger partial charge in [0.1, 0.15) is 6.04 Å². The number of rotatable bonds is 4. The fourth-order valence-corrected chi connectivity index (χ4v) is 4.06. The third kappa shape index (κ3) is 3.70. The molecule has 1 atom stereocenters. The first-order chi connectivity index (χ1) is 11.8. The number of ether oxygens (including phenoxy) is 1. The van der Waals surface area contributed by atoms with Crippen LogP contribution in [0.4, 0.5) is 0 Å². The molecular weight excluding hydrogens is 366 g/mol. The number of imidazole rings is 1. The topological polar surface area (TPSA) is 81.5 Å². The molecule has 134 valence electrons. The van der Waals surface area contributed by atoms with Crippen LogP contribution in [0.15, 0.2) is 30.6 Å². The lowest BCUT2D eigenvalue weighted by Crippen LogP contribution is -2.49. The Balaban J connectivity index is 1.93. The molecule has 1 aromatic carbocycles. The SMILES string of the molecule is COC(=O)C1Cc2ncn(Cc3ccc(Cl)cc3)c2CN1S(C)(=O)=O. The smallest absolute Gasteiger partial charge is 0.324 e. The van der Waals surface area contributed by atoms with Crippen LogP contribution in [0.5, 0.6) is 0 Å². The number of carbonyl (C=O) groups excluding carboxylic acids is 1. The Kier molecular flexibility index (Phi) is 4.86. The van der Waals surface area contributed by atoms with E-state index in [-0.39, 0.29) is 13.0 Å². The minimum absolute atomic E-state index is 0.0848. The first kappa shape index (κ1) is 17.9. The van der Waals surface area contributed by atoms with E-state index in [1.807, 2.05) is 16.7 Å². The van der Waals surface area contributed by atoms with Gasteiger partial charge in [0.2, 0.25) is 10.0 Å². The number of benzene rings is 1. The largest absolute Gasteiger partial charge is 0.468 e. The van der Waals surface area contributed by atoms with Crippen molar-refractivity contribution >= 4 is 27.6 Å². The molecule has 1 aromatic heterocycles. The van der Waals surface area contributed by atoms with Crippen molar-refractivity contribution < 1.29 is 17.9 Å². The van der Waals surface area contributed by atoms with Crippen LogP contribution in [0.1, 0.15) is 17.0 Å². The average Bonchev–Trinajstić information content (AvgIpc) is 2.96. The van der Waals surface area contributed by atoms with E-state index in [4.69, 9.17) is 16.3 Å². The van der Waals surface area contributed by atoms with E-state index in [0.717, 1.165) is 17.5 Å². The Morgan fingerprint density at radius 3 is 2.64 bits per heavy atom. The number of esters is 1. The number of hydrogen-bond donors (Lipinski definition) is 0. The van der Waals surface area contributed by atoms with Gasteiger partial charge >= 0.3 is 5.97 Å². The van der Waals surface area contributed by atoms with Crippen molar-refractivity contribution in [2.24, 2.45) is 0 Å². The fourth-order valence-electron chi connectivity index (χ4n) is 2.95. The summed E-state index contributed by atoms with van der Waals surface area (Å²) in [5.74, 6) is -0.580. The number of carbonyl (C=O) groups is 1. The van der Waals surface area contributed by atoms with E-state index in [9.17, 15) is 13.2 Å². The second kappa shape index (κ2) is 6.78. The molecule has 0 radical (unpaired) electrons. The van der Waals surface area contributed by atoms with Gasteiger partial charge in [-0.05, 0) is 17.7 Å². The van der Waals surface area contributed by atoms with E-state index >= 15 is 0 Å². The number of halogens is 1. The molecule has 7 nitrogen and oxygen atoms in total. The van der Waals surface area contributed by atoms with Crippen LogP contribution in [-0.2, 0) is 39.1 Å². The molecular formula is C16H18ClN3O4S. The lowest BCUT2D eigenvalue weighted by Gasteiger charge is -2.31. The Labute approximate surface area is 151 Å². The summed E-state index contributed by atoms with van der Waals surface area (Å²) in [6.07, 6.45) is 2.95. The standard InChI is InChI=1S/C16H18ClN3O4S/c1-24-16(21)14-7-13-15(9-20(14)25(2,22)23)19(10-18-13)8-11-3-5-12(17)6-4-11/h3-6,10,14H,7-9H2,1-2H3. The average molecular weight is 384 g/mol. The van der Waals surface area contributed by atoms with Crippen LogP contribution in [0, 0.1) is 0 Å². The first-order valence-electron chi connectivity index (χ1n) is 7.61. The molecule has 0 aliphatic carbocycles. The van der Waals surface area contributed by atoms with E-state index in [2.05, 4.69) is 4.98 Å². The highest BCUT2D eigenvalue weighted by atomic mass is 35.5. The van der Waals surface area contributed by atoms with Crippen LogP contribution >= 0.6 is 11.6 Å². The van der Waals surface area contributed by atoms with Crippen LogP contribution in [-0.4, -0.2) is 47.7 Å². The molecule has 2 aromatic rings. The van der Waals surface area contributed by atoms with E-state index in [0.29, 0.717) is 17.3 Å². The molecule has 0 fully saturated rings. The summed E-state index contributed by atoms with van der Waals surface area (Å²) in [6, 6.07) is 6.53. The summed E-state index contributed by atoms with van der Waals surface area (Å²) in [6.45, 7) is 0.627. The molecule has 9 heteroatoms. The van der Waals surface area contributed by atoms with Crippen LogP contribution in [0.3, 0.4) is 0 Å². The van der Waals surface area contributed by atoms with Gasteiger partial charge in [0.25, 0.3) is 0 Å². The van der Waals surface area contributed by atoms with E-state index in [1.54, 1.807) is 18.5 Å². The molecule has 0 bridgehead atoms. The maximum atomic E-state index is 12.1. The van der Waals surface area contributed by atoms with Gasteiger partial charge in [0.05, 0.1) is 37.6 Å². The Morgan fingerprint density at radius 2 is 2.04 bits per heavy atom. The summed E-state index contributed by atoms with van der Waals surface area (Å²) in [5.41, 5.74) is 2.51. The van der Waals surface area contributed by atoms with Gasteiger partial charge in [0, 0.05) is 18.0 Å². The fraction of sp³-hybridized carbons (Fsp3) is 0.375. The highest BCUT2D eigenvalue weighted by molar-refractivity contribution is 7.88. The van der Waals surface area contributed by atoms with Gasteiger partial charge in [-0.1, -0.05) is 23.7 Å². The minimum Gasteiger partial charge on any atom is -0.468 e. The van der Waals surface area contributed by atoms with Crippen molar-refractivity contribution in [2.75, 3.05) is 13.4 Å². The lowest BCUT2D eigenvalue weighted by atomic mass is 10.1. The van der Waals surface area contributed by atoms with Crippen LogP contribution in [0.25, 0.3) is 0 Å². The predicted molar refractivity (Wildman–Crippen MR) is 92.7 cm³/mol. The monoisotopic (exact) mass is 383 g/mol. The summed E-state index contributed by atoms with van der Waals surface area (Å²) in [5, 5.41) is 0.653. The predicted octanol–water partition coefficient (Wildman–Crippen LogP) is 1.44. The third-order valence-corrected chi connectivity index (χ3v) is 5.73. The Hall–Kier alpha value is -1.90. The molecule has 0 saturated carbocycles. The zero-order valence-electron chi connectivity index (χ0n) is 13.8. The number of sulfonamides is 1. The second-order valence-electron chi connectivity index (χ2n) is 5.94. The van der Waals surface area contributed by atoms with Crippen molar-refractivity contribution in [3.63, 3.8) is 0 Å². The van der Waals surface area contributed by atoms with Gasteiger partial charge in [-0.3, -0.25) is 4.79 Å². The highest BCUT2D eigenvalue weighted by Gasteiger charge is 2.39. The van der Waals surface area contributed by atoms with Crippen molar-refractivity contribution in [3.05, 3.63) is 52.6 Å². The summed E-state index contributed by atoms with van der Waals surface area (Å²) in [4.78, 5) is 16.3. The summed E-state index contributed by atoms with van der Waals surface area (Å²) < 4.78 is 32.1. The number of methoxy groups -OCH3 is 1. The number of nitrogens with zero attached hydrogens (tertiary/aromatic N) is 3. The minimum atomic E-state index is -3.57. The highest BCUT2D eigenvalue weighted by Crippen LogP contribution is 2.26. The molecule has 1 aliphatic rings. The van der Waals surface area contributed by atoms with Crippen molar-refractivity contribution in [1.29, 1.82) is 0 Å². The number of fused-ring (bicyclic) bond motifs is 1. The van der Waals surface area contributed by atoms with Gasteiger partial charge in [-0.2, -0.15) is 4.31 Å². The van der Waals surface area contributed by atoms with E-state index in [1.165, 1.54) is 11.4 Å². The Bertz CT molecular complexity index is 893. The zero-order valence-corrected chi connectivity index (χ0v) is 15.4. The zero-order chi connectivity index (χ0) is 18.2. The lowest BCUT2D eigenvalue weighted by molar-refractivity contribution is -0.145. The molecule has 0 amide bonds. The molecule has 0 N–H and O–H groups in total. The maximum Gasteiger partial charge on any atom is 0.324 e. The molecule has 1 aliphatic heterocycles. The third-order valence-electron chi connectivity index (χ3n) is 4.24. The quantitative estimate of drug-likeness (QED) is 0.746. The van der Waals surface area contributed by atoms with Gasteiger partial charge in [-0.25, -0.2) is 13.4 Å². The molecule has 0 spiro atoms. The normalized spacial score (nSPS) is 18.0. The van der Waals surface area contributed by atoms with Crippen molar-refractivity contribution in [3.8, 4) is 0 Å². The number of hydrogen-bond acceptors (Lipinski definition) is 5. The van der Waals surface area contributed by atoms with Crippen molar-refractivity contribution in [1.82, 2.24) is 13.9 Å². The molecule has 3 rings (SSSR count). The first-order valence-corrected chi connectivity index (χ1v) is 9.84. The van der Waals surface area contributed by atoms with E-state index < -0.39 is 22.0 Å². The molecule has 25 heavy (non-hydrogen) atoms. The number of aromatic nitrogens is 2. The van der Waals surface area contributed by atoms with Gasteiger partial charge < -0.3 is 9.30 Å². The van der Waals surface area contributed by atoms with Crippen molar-refractivity contribution in [2.45, 2.75) is 25.6 Å². The molecule has 1 unspecified atom stereocenters. The molecule has 0 saturated heterocycles. The summed E-state index contributed by atoms with van der Waals surface area (Å²) in [7, 11) is -2.32. The van der Waals surface area contributed by atoms with Crippen LogP contribution in [0.2, 0.25) is 5.02 Å². The maximum absolute atomic E-state index is 12.1. The Morgan fingerprint density at radius 1 is 1.36 bits per heavy atom. The second-order valence-corrected chi connectivity index (χ2v) is 8.32. The van der Waals surface area contributed by atoms with Crippen LogP contribution < -0.4 is 0 Å². The molecule has 2 heterocycles.